The number of rotatable bonds is 51. The molecule has 3 atom stereocenters. The van der Waals surface area contributed by atoms with Crippen molar-refractivity contribution in [2.24, 2.45) is 0 Å². The molecule has 7 N–H and O–H groups in total. The maximum absolute atomic E-state index is 13.1. The van der Waals surface area contributed by atoms with Crippen LogP contribution in [0.2, 0.25) is 0 Å². The van der Waals surface area contributed by atoms with Crippen molar-refractivity contribution in [3.05, 3.63) is 321 Å². The first kappa shape index (κ1) is 102. The van der Waals surface area contributed by atoms with Crippen molar-refractivity contribution < 1.29 is 134 Å². The highest BCUT2D eigenvalue weighted by molar-refractivity contribution is 5.94. The lowest BCUT2D eigenvalue weighted by Crippen LogP contribution is -2.46. The highest BCUT2D eigenvalue weighted by Gasteiger charge is 2.40. The van der Waals surface area contributed by atoms with Crippen LogP contribution in [-0.4, -0.2) is 187 Å². The fourth-order valence-corrected chi connectivity index (χ4v) is 14.3. The Labute approximate surface area is 801 Å². The number of carbonyl (C=O) groups is 13. The zero-order valence-corrected chi connectivity index (χ0v) is 76.5. The lowest BCUT2D eigenvalue weighted by Gasteiger charge is -2.24. The predicted molar refractivity (Wildman–Crippen MR) is 507 cm³/mol. The van der Waals surface area contributed by atoms with Gasteiger partial charge in [-0.05, 0) is 215 Å². The summed E-state index contributed by atoms with van der Waals surface area (Å²) in [4.78, 5) is 164. The average Bonchev–Trinajstić information content (AvgIpc) is 1.46. The number of nitrogens with one attached hydrogen (secondary N) is 6. The zero-order chi connectivity index (χ0) is 97.9. The molecule has 34 heteroatoms. The lowest BCUT2D eigenvalue weighted by atomic mass is 9.99. The largest absolute Gasteiger partial charge is 0.478 e. The average molecular weight is 1900 g/mol. The molecule has 6 amide bonds. The summed E-state index contributed by atoms with van der Waals surface area (Å²) in [5.74, 6) is -4.58. The van der Waals surface area contributed by atoms with E-state index in [1.807, 2.05) is 121 Å². The van der Waals surface area contributed by atoms with Crippen LogP contribution in [0.3, 0.4) is 0 Å². The minimum atomic E-state index is -2.28. The third-order valence-corrected chi connectivity index (χ3v) is 21.1. The SMILES string of the molecule is CC(COC(=O)Nc1cccc(Cc2cccc(CC(=O)OCCCCOC(=O)Nc3cccc(Cc4cccc(NC(=O)OCCOCCOC(=O)CCCCC(=O)OC(=O)Nc5cccc(Cc6cccc(CC(=O)OCCOC(=O)Cc7cccc(Cc8cccc(CC(=O)OCC9CO9)c8)c7)c6)c5)c4)c3)c2)c1)(OC(=O)Nc1cccc(Cc2cccc(NC(=O)OCC3CO3)c2)c1)C(=O)O. The highest BCUT2D eigenvalue weighted by atomic mass is 16.6. The summed E-state index contributed by atoms with van der Waals surface area (Å²) in [5, 5.41) is 25.9. The number of benzene rings is 10. The van der Waals surface area contributed by atoms with Crippen LogP contribution < -0.4 is 31.9 Å². The number of hydrogen-bond donors (Lipinski definition) is 7. The van der Waals surface area contributed by atoms with E-state index in [0.717, 1.165) is 73.7 Å². The Morgan fingerprint density at radius 3 is 0.921 bits per heavy atom. The normalized spacial score (nSPS) is 13.0. The van der Waals surface area contributed by atoms with E-state index in [1.165, 1.54) is 0 Å². The van der Waals surface area contributed by atoms with Crippen LogP contribution in [0.15, 0.2) is 243 Å². The molecule has 2 aliphatic rings. The lowest BCUT2D eigenvalue weighted by molar-refractivity contribution is -0.160. The fraction of sp³-hybridized carbons (Fsp3) is 0.305. The topological polar surface area (TPSA) is 450 Å². The molecule has 2 aliphatic heterocycles. The van der Waals surface area contributed by atoms with Crippen molar-refractivity contribution in [3.63, 3.8) is 0 Å². The van der Waals surface area contributed by atoms with Gasteiger partial charge in [0.1, 0.15) is 58.5 Å². The van der Waals surface area contributed by atoms with Gasteiger partial charge in [0, 0.05) is 47.0 Å². The first-order chi connectivity index (χ1) is 67.3. The maximum Gasteiger partial charge on any atom is 0.419 e. The van der Waals surface area contributed by atoms with Gasteiger partial charge < -0.3 is 71.4 Å². The summed E-state index contributed by atoms with van der Waals surface area (Å²) in [7, 11) is 0. The minimum Gasteiger partial charge on any atom is -0.478 e. The number of ether oxygens (including phenoxy) is 14. The molecule has 0 bridgehead atoms. The van der Waals surface area contributed by atoms with Gasteiger partial charge in [-0.3, -0.25) is 60.7 Å². The van der Waals surface area contributed by atoms with Crippen LogP contribution in [0.5, 0.6) is 0 Å². The molecular weight excluding hydrogens is 1790 g/mol. The van der Waals surface area contributed by atoms with Crippen molar-refractivity contribution >= 4 is 112 Å². The van der Waals surface area contributed by atoms with Crippen LogP contribution in [0, 0.1) is 0 Å². The van der Waals surface area contributed by atoms with Crippen molar-refractivity contribution in [2.75, 3.05) is 118 Å². The van der Waals surface area contributed by atoms with Crippen LogP contribution in [-0.2, 0) is 158 Å². The molecule has 10 aromatic rings. The Kier molecular flexibility index (Phi) is 39.3. The molecule has 2 heterocycles. The van der Waals surface area contributed by atoms with E-state index in [9.17, 15) is 67.4 Å². The molecule has 0 aromatic heterocycles. The van der Waals surface area contributed by atoms with Crippen LogP contribution in [0.4, 0.5) is 62.9 Å². The molecule has 3 unspecified atom stereocenters. The van der Waals surface area contributed by atoms with Crippen molar-refractivity contribution in [1.82, 2.24) is 0 Å². The Balaban J connectivity index is 0.447. The standard InChI is InChI=1S/C105H108N6O28/c1-105(98(118)119,139-104(125)111-89-35-15-29-79(60-89)54-78-28-13-32-86(58-78)108-101(122)136-68-91-66-134-91)69-137-102(123)109-87-33-10-24-74(55-87)47-72-18-8-20-80(51-72)61-94(114)127-38-4-5-39-131-99(120)106-84-30-11-26-76(56-84)53-77-27-12-31-85(57-77)107-100(121)132-43-41-126-40-42-128-92(112)36-2-3-37-93(113)138-103(124)110-88-34-14-25-75(59-88)48-73-19-9-22-82(52-73)63-96(116)130-45-44-129-95(115)62-81-21-6-16-70(49-81)46-71-17-7-23-83(50-71)64-97(117)135-67-90-65-133-90/h6-35,49-52,55-60,90-91H,2-5,36-48,53-54,61-69H2,1H3,(H,106,120)(H,107,121)(H,108,122)(H,109,123)(H,110,124)(H,111,125)(H,118,119). The third kappa shape index (κ3) is 38.5. The number of amides is 6. The number of aliphatic carboxylic acids is 1. The molecule has 0 aliphatic carbocycles. The van der Waals surface area contributed by atoms with E-state index < -0.39 is 84.6 Å². The van der Waals surface area contributed by atoms with Gasteiger partial charge in [0.15, 0.2) is 0 Å². The summed E-state index contributed by atoms with van der Waals surface area (Å²) < 4.78 is 73.7. The molecular formula is C105H108N6O28. The smallest absolute Gasteiger partial charge is 0.419 e. The van der Waals surface area contributed by atoms with Crippen LogP contribution >= 0.6 is 0 Å². The Hall–Kier alpha value is -15.8. The second kappa shape index (κ2) is 53.5. The number of esters is 6. The predicted octanol–water partition coefficient (Wildman–Crippen LogP) is 16.1. The molecule has 726 valence electrons. The molecule has 10 aromatic carbocycles. The van der Waals surface area contributed by atoms with E-state index in [-0.39, 0.29) is 136 Å². The number of anilines is 6. The number of carboxylic acid groups (broad SMARTS) is 1. The summed E-state index contributed by atoms with van der Waals surface area (Å²) in [6.07, 6.45) is -1.37. The van der Waals surface area contributed by atoms with Gasteiger partial charge in [0.2, 0.25) is 5.60 Å². The van der Waals surface area contributed by atoms with Crippen LogP contribution in [0.1, 0.15) is 123 Å². The van der Waals surface area contributed by atoms with Gasteiger partial charge in [-0.15, -0.1) is 0 Å². The van der Waals surface area contributed by atoms with Crippen molar-refractivity contribution in [1.29, 1.82) is 0 Å². The van der Waals surface area contributed by atoms with Crippen molar-refractivity contribution in [3.8, 4) is 0 Å². The first-order valence-electron chi connectivity index (χ1n) is 45.3. The van der Waals surface area contributed by atoms with E-state index in [1.54, 1.807) is 121 Å². The molecule has 12 rings (SSSR count). The molecule has 139 heavy (non-hydrogen) atoms. The molecule has 2 saturated heterocycles. The number of carbonyl (C=O) groups excluding carboxylic acids is 12. The van der Waals surface area contributed by atoms with E-state index in [0.29, 0.717) is 103 Å². The first-order valence-corrected chi connectivity index (χ1v) is 45.3. The number of epoxide rings is 2. The van der Waals surface area contributed by atoms with Crippen molar-refractivity contribution in [2.45, 2.75) is 121 Å². The molecule has 0 radical (unpaired) electrons. The third-order valence-electron chi connectivity index (χ3n) is 21.1. The monoisotopic (exact) mass is 1900 g/mol. The van der Waals surface area contributed by atoms with E-state index in [2.05, 4.69) is 31.9 Å². The number of hydrogen-bond acceptors (Lipinski definition) is 27. The quantitative estimate of drug-likeness (QED) is 0.00612. The zero-order valence-electron chi connectivity index (χ0n) is 76.5. The Morgan fingerprint density at radius 2 is 0.554 bits per heavy atom. The maximum atomic E-state index is 13.1. The minimum absolute atomic E-state index is 0.000855. The number of carboxylic acids is 1. The van der Waals surface area contributed by atoms with E-state index >= 15 is 0 Å². The molecule has 34 nitrogen and oxygen atoms in total. The second-order valence-electron chi connectivity index (χ2n) is 33.0. The Bertz CT molecular complexity index is 5940. The Morgan fingerprint density at radius 1 is 0.288 bits per heavy atom. The van der Waals surface area contributed by atoms with Gasteiger partial charge in [-0.25, -0.2) is 33.6 Å². The summed E-state index contributed by atoms with van der Waals surface area (Å²) in [6.45, 7) is 1.70. The molecule has 0 spiro atoms. The summed E-state index contributed by atoms with van der Waals surface area (Å²) in [5.41, 5.74) is 12.0. The van der Waals surface area contributed by atoms with Crippen LogP contribution in [0.25, 0.3) is 0 Å². The van der Waals surface area contributed by atoms with Gasteiger partial charge in [-0.1, -0.05) is 170 Å². The summed E-state index contributed by atoms with van der Waals surface area (Å²) in [6, 6.07) is 72.2. The van der Waals surface area contributed by atoms with Gasteiger partial charge >= 0.3 is 78.3 Å². The second-order valence-corrected chi connectivity index (χ2v) is 33.0. The van der Waals surface area contributed by atoms with E-state index in [4.69, 9.17) is 66.3 Å². The number of unbranched alkanes of at least 4 members (excludes halogenated alkanes) is 2. The fourth-order valence-electron chi connectivity index (χ4n) is 14.3. The molecule has 2 fully saturated rings. The highest BCUT2D eigenvalue weighted by Crippen LogP contribution is 2.27. The van der Waals surface area contributed by atoms with Gasteiger partial charge in [0.25, 0.3) is 0 Å². The van der Waals surface area contributed by atoms with Gasteiger partial charge in [-0.2, -0.15) is 0 Å². The summed E-state index contributed by atoms with van der Waals surface area (Å²) >= 11 is 0. The molecule has 0 saturated carbocycles. The van der Waals surface area contributed by atoms with Gasteiger partial charge in [0.05, 0.1) is 65.3 Å².